The molecule has 0 bridgehead atoms. The summed E-state index contributed by atoms with van der Waals surface area (Å²) in [5.74, 6) is 0.663. The number of aryl methyl sites for hydroxylation is 1. The highest BCUT2D eigenvalue weighted by atomic mass is 35.5. The molecule has 0 aliphatic heterocycles. The molecule has 0 spiro atoms. The SMILES string of the molecule is Cc1ccccc1-c1nc2cc(Cl)ccc2c(=O)n1CCCN. The minimum atomic E-state index is -0.0571. The highest BCUT2D eigenvalue weighted by Crippen LogP contribution is 2.23. The molecular formula is C18H18ClN3O. The number of nitrogens with two attached hydrogens (primary N) is 1. The number of nitrogens with zero attached hydrogens (tertiary/aromatic N) is 2. The standard InChI is InChI=1S/C18H18ClN3O/c1-12-5-2-3-6-14(12)17-21-16-11-13(19)7-8-15(16)18(23)22(17)10-4-9-20/h2-3,5-8,11H,4,9-10,20H2,1H3. The van der Waals surface area contributed by atoms with Crippen molar-refractivity contribution >= 4 is 22.5 Å². The first-order valence-corrected chi connectivity index (χ1v) is 7.96. The molecule has 0 aliphatic carbocycles. The highest BCUT2D eigenvalue weighted by molar-refractivity contribution is 6.31. The molecule has 0 aliphatic rings. The van der Waals surface area contributed by atoms with Gasteiger partial charge in [-0.1, -0.05) is 35.9 Å². The van der Waals surface area contributed by atoms with Gasteiger partial charge in [0.25, 0.3) is 5.56 Å². The van der Waals surface area contributed by atoms with Crippen LogP contribution in [0.5, 0.6) is 0 Å². The molecule has 0 saturated heterocycles. The number of benzene rings is 2. The topological polar surface area (TPSA) is 60.9 Å². The third-order valence-corrected chi connectivity index (χ3v) is 4.12. The summed E-state index contributed by atoms with van der Waals surface area (Å²) >= 11 is 6.06. The Kier molecular flexibility index (Phi) is 4.46. The summed E-state index contributed by atoms with van der Waals surface area (Å²) in [5, 5.41) is 1.14. The summed E-state index contributed by atoms with van der Waals surface area (Å²) in [6.07, 6.45) is 0.722. The maximum atomic E-state index is 12.9. The first-order chi connectivity index (χ1) is 11.1. The summed E-state index contributed by atoms with van der Waals surface area (Å²) in [4.78, 5) is 17.6. The van der Waals surface area contributed by atoms with Crippen molar-refractivity contribution in [2.45, 2.75) is 19.9 Å². The Hall–Kier alpha value is -2.17. The third-order valence-electron chi connectivity index (χ3n) is 3.89. The number of rotatable bonds is 4. The summed E-state index contributed by atoms with van der Waals surface area (Å²) in [6, 6.07) is 13.1. The smallest absolute Gasteiger partial charge is 0.261 e. The molecule has 0 saturated carbocycles. The number of hydrogen-bond donors (Lipinski definition) is 1. The molecule has 0 fully saturated rings. The van der Waals surface area contributed by atoms with Crippen LogP contribution in [0.1, 0.15) is 12.0 Å². The van der Waals surface area contributed by atoms with Crippen molar-refractivity contribution in [2.75, 3.05) is 6.54 Å². The zero-order valence-corrected chi connectivity index (χ0v) is 13.7. The lowest BCUT2D eigenvalue weighted by Gasteiger charge is -2.15. The summed E-state index contributed by atoms with van der Waals surface area (Å²) < 4.78 is 1.71. The van der Waals surface area contributed by atoms with Crippen LogP contribution in [0.3, 0.4) is 0 Å². The number of halogens is 1. The number of fused-ring (bicyclic) bond motifs is 1. The normalized spacial score (nSPS) is 11.1. The van der Waals surface area contributed by atoms with Gasteiger partial charge in [0.2, 0.25) is 0 Å². The van der Waals surface area contributed by atoms with E-state index in [0.717, 1.165) is 17.5 Å². The molecule has 0 radical (unpaired) electrons. The first-order valence-electron chi connectivity index (χ1n) is 7.58. The van der Waals surface area contributed by atoms with Crippen molar-refractivity contribution < 1.29 is 0 Å². The predicted molar refractivity (Wildman–Crippen MR) is 94.9 cm³/mol. The van der Waals surface area contributed by atoms with Crippen molar-refractivity contribution in [3.8, 4) is 11.4 Å². The fraction of sp³-hybridized carbons (Fsp3) is 0.222. The summed E-state index contributed by atoms with van der Waals surface area (Å²) in [6.45, 7) is 3.08. The molecule has 1 aromatic heterocycles. The van der Waals surface area contributed by atoms with E-state index in [1.54, 1.807) is 22.8 Å². The minimum Gasteiger partial charge on any atom is -0.330 e. The minimum absolute atomic E-state index is 0.0571. The van der Waals surface area contributed by atoms with Gasteiger partial charge in [-0.3, -0.25) is 9.36 Å². The summed E-state index contributed by atoms with van der Waals surface area (Å²) in [7, 11) is 0. The molecule has 0 atom stereocenters. The van der Waals surface area contributed by atoms with E-state index >= 15 is 0 Å². The van der Waals surface area contributed by atoms with Crippen molar-refractivity contribution in [3.63, 3.8) is 0 Å². The van der Waals surface area contributed by atoms with Crippen LogP contribution in [0.4, 0.5) is 0 Å². The van der Waals surface area contributed by atoms with E-state index in [1.807, 2.05) is 31.2 Å². The Morgan fingerprint density at radius 2 is 2.00 bits per heavy atom. The van der Waals surface area contributed by atoms with Crippen molar-refractivity contribution in [2.24, 2.45) is 5.73 Å². The van der Waals surface area contributed by atoms with E-state index in [4.69, 9.17) is 22.3 Å². The monoisotopic (exact) mass is 327 g/mol. The molecule has 2 N–H and O–H groups in total. The fourth-order valence-corrected chi connectivity index (χ4v) is 2.85. The van der Waals surface area contributed by atoms with Gasteiger partial charge < -0.3 is 5.73 Å². The molecule has 1 heterocycles. The van der Waals surface area contributed by atoms with Crippen molar-refractivity contribution in [1.29, 1.82) is 0 Å². The molecule has 2 aromatic carbocycles. The van der Waals surface area contributed by atoms with Gasteiger partial charge in [-0.15, -0.1) is 0 Å². The molecule has 3 rings (SSSR count). The van der Waals surface area contributed by atoms with Gasteiger partial charge in [-0.25, -0.2) is 4.98 Å². The first kappa shape index (κ1) is 15.7. The molecule has 0 unspecified atom stereocenters. The maximum Gasteiger partial charge on any atom is 0.261 e. The zero-order chi connectivity index (χ0) is 16.4. The molecule has 4 nitrogen and oxygen atoms in total. The van der Waals surface area contributed by atoms with Gasteiger partial charge in [0.05, 0.1) is 10.9 Å². The Morgan fingerprint density at radius 3 is 2.74 bits per heavy atom. The lowest BCUT2D eigenvalue weighted by molar-refractivity contribution is 0.631. The quantitative estimate of drug-likeness (QED) is 0.799. The Bertz CT molecular complexity index is 918. The average molecular weight is 328 g/mol. The molecule has 0 amide bonds. The highest BCUT2D eigenvalue weighted by Gasteiger charge is 2.14. The maximum absolute atomic E-state index is 12.9. The van der Waals surface area contributed by atoms with E-state index in [-0.39, 0.29) is 5.56 Å². The average Bonchev–Trinajstić information content (AvgIpc) is 2.54. The number of hydrogen-bond acceptors (Lipinski definition) is 3. The lowest BCUT2D eigenvalue weighted by Crippen LogP contribution is -2.25. The molecule has 5 heteroatoms. The van der Waals surface area contributed by atoms with E-state index in [0.29, 0.717) is 34.8 Å². The Morgan fingerprint density at radius 1 is 1.22 bits per heavy atom. The van der Waals surface area contributed by atoms with E-state index < -0.39 is 0 Å². The van der Waals surface area contributed by atoms with Crippen LogP contribution in [0.25, 0.3) is 22.3 Å². The van der Waals surface area contributed by atoms with Gasteiger partial charge in [0.15, 0.2) is 0 Å². The lowest BCUT2D eigenvalue weighted by atomic mass is 10.1. The molecule has 23 heavy (non-hydrogen) atoms. The Balaban J connectivity index is 2.33. The van der Waals surface area contributed by atoms with Gasteiger partial charge >= 0.3 is 0 Å². The van der Waals surface area contributed by atoms with Crippen LogP contribution < -0.4 is 11.3 Å². The van der Waals surface area contributed by atoms with E-state index in [9.17, 15) is 4.79 Å². The Labute approximate surface area is 139 Å². The molecule has 3 aromatic rings. The van der Waals surface area contributed by atoms with Crippen molar-refractivity contribution in [1.82, 2.24) is 9.55 Å². The predicted octanol–water partition coefficient (Wildman–Crippen LogP) is 3.37. The molecular weight excluding hydrogens is 310 g/mol. The second-order valence-corrected chi connectivity index (χ2v) is 5.95. The summed E-state index contributed by atoms with van der Waals surface area (Å²) in [5.41, 5.74) is 8.20. The number of aromatic nitrogens is 2. The van der Waals surface area contributed by atoms with Crippen LogP contribution in [0, 0.1) is 6.92 Å². The van der Waals surface area contributed by atoms with E-state index in [2.05, 4.69) is 0 Å². The largest absolute Gasteiger partial charge is 0.330 e. The van der Waals surface area contributed by atoms with Gasteiger partial charge in [0, 0.05) is 17.1 Å². The van der Waals surface area contributed by atoms with Crippen LogP contribution in [0.15, 0.2) is 47.3 Å². The van der Waals surface area contributed by atoms with Crippen molar-refractivity contribution in [3.05, 3.63) is 63.4 Å². The van der Waals surface area contributed by atoms with Crippen LogP contribution in [0.2, 0.25) is 5.02 Å². The zero-order valence-electron chi connectivity index (χ0n) is 12.9. The van der Waals surface area contributed by atoms with Crippen LogP contribution in [-0.2, 0) is 6.54 Å². The fourth-order valence-electron chi connectivity index (χ4n) is 2.68. The van der Waals surface area contributed by atoms with Gasteiger partial charge in [-0.2, -0.15) is 0 Å². The van der Waals surface area contributed by atoms with Crippen LogP contribution >= 0.6 is 11.6 Å². The van der Waals surface area contributed by atoms with Crippen LogP contribution in [-0.4, -0.2) is 16.1 Å². The third kappa shape index (κ3) is 3.00. The second kappa shape index (κ2) is 6.52. The van der Waals surface area contributed by atoms with E-state index in [1.165, 1.54) is 0 Å². The van der Waals surface area contributed by atoms with Gasteiger partial charge in [-0.05, 0) is 43.7 Å². The second-order valence-electron chi connectivity index (χ2n) is 5.51. The van der Waals surface area contributed by atoms with Gasteiger partial charge in [0.1, 0.15) is 5.82 Å². The molecule has 118 valence electrons.